The standard InChI is InChI=1S/C21H41N3O2/c1-19(2,3)15-10-14(12-22-17(13-23-25)21(7,8)9)18(24-26)16(11-15)20(4,5)6/h14-18,22H,10-13H2,1-9H3. The number of hydrogen-bond donors (Lipinski definition) is 1. The molecule has 5 heteroatoms. The van der Waals surface area contributed by atoms with E-state index in [4.69, 9.17) is 0 Å². The van der Waals surface area contributed by atoms with Crippen LogP contribution in [0.15, 0.2) is 10.4 Å². The summed E-state index contributed by atoms with van der Waals surface area (Å²) < 4.78 is 0. The molecule has 0 aromatic carbocycles. The Bertz CT molecular complexity index is 471. The summed E-state index contributed by atoms with van der Waals surface area (Å²) in [7, 11) is 0. The van der Waals surface area contributed by atoms with Gasteiger partial charge in [0.1, 0.15) is 0 Å². The fraction of sp³-hybridized carbons (Fsp3) is 1.00. The van der Waals surface area contributed by atoms with E-state index in [2.05, 4.69) is 78.0 Å². The Balaban J connectivity index is 3.03. The summed E-state index contributed by atoms with van der Waals surface area (Å²) in [6.07, 6.45) is 2.06. The molecule has 0 aliphatic heterocycles. The van der Waals surface area contributed by atoms with Crippen molar-refractivity contribution >= 4 is 0 Å². The molecule has 1 rings (SSSR count). The van der Waals surface area contributed by atoms with E-state index in [9.17, 15) is 9.81 Å². The number of rotatable bonds is 6. The minimum atomic E-state index is -0.175. The van der Waals surface area contributed by atoms with Gasteiger partial charge in [-0.05, 0) is 46.8 Å². The maximum absolute atomic E-state index is 11.8. The van der Waals surface area contributed by atoms with Gasteiger partial charge < -0.3 is 5.32 Å². The van der Waals surface area contributed by atoms with Crippen molar-refractivity contribution in [3.8, 4) is 0 Å². The molecule has 5 nitrogen and oxygen atoms in total. The van der Waals surface area contributed by atoms with Crippen molar-refractivity contribution in [3.05, 3.63) is 9.81 Å². The van der Waals surface area contributed by atoms with E-state index < -0.39 is 0 Å². The Morgan fingerprint density at radius 3 is 1.88 bits per heavy atom. The predicted octanol–water partition coefficient (Wildman–Crippen LogP) is 5.63. The third kappa shape index (κ3) is 6.11. The minimum absolute atomic E-state index is 0.00963. The lowest BCUT2D eigenvalue weighted by atomic mass is 9.58. The summed E-state index contributed by atoms with van der Waals surface area (Å²) in [6, 6.07) is -0.165. The molecule has 1 aliphatic rings. The van der Waals surface area contributed by atoms with Crippen LogP contribution in [0.3, 0.4) is 0 Å². The summed E-state index contributed by atoms with van der Waals surface area (Å²) in [5.74, 6) is 1.04. The van der Waals surface area contributed by atoms with Crippen molar-refractivity contribution in [2.24, 2.45) is 44.4 Å². The molecule has 0 aromatic rings. The van der Waals surface area contributed by atoms with Gasteiger partial charge in [0.15, 0.2) is 0 Å². The van der Waals surface area contributed by atoms with Crippen molar-refractivity contribution < 1.29 is 0 Å². The largest absolute Gasteiger partial charge is 0.311 e. The highest BCUT2D eigenvalue weighted by atomic mass is 16.3. The van der Waals surface area contributed by atoms with Crippen LogP contribution in [0.5, 0.6) is 0 Å². The van der Waals surface area contributed by atoms with Gasteiger partial charge in [-0.25, -0.2) is 0 Å². The smallest absolute Gasteiger partial charge is 0.0993 e. The quantitative estimate of drug-likeness (QED) is 0.619. The van der Waals surface area contributed by atoms with Crippen LogP contribution >= 0.6 is 0 Å². The molecule has 0 radical (unpaired) electrons. The van der Waals surface area contributed by atoms with Gasteiger partial charge >= 0.3 is 0 Å². The first-order valence-electron chi connectivity index (χ1n) is 10.1. The van der Waals surface area contributed by atoms with Gasteiger partial charge in [-0.3, -0.25) is 0 Å². The molecule has 152 valence electrons. The third-order valence-electron chi connectivity index (χ3n) is 6.41. The molecular weight excluding hydrogens is 326 g/mol. The highest BCUT2D eigenvalue weighted by Crippen LogP contribution is 2.49. The van der Waals surface area contributed by atoms with E-state index in [0.29, 0.717) is 12.5 Å². The molecule has 0 saturated heterocycles. The molecule has 1 fully saturated rings. The van der Waals surface area contributed by atoms with Gasteiger partial charge in [-0.1, -0.05) is 72.7 Å². The summed E-state index contributed by atoms with van der Waals surface area (Å²) in [4.78, 5) is 22.6. The van der Waals surface area contributed by atoms with Crippen LogP contribution in [0.2, 0.25) is 0 Å². The SMILES string of the molecule is CC(C)(C)C1CC(CNC(CN=O)C(C)(C)C)C(N=O)C(C(C)(C)C)C1. The Kier molecular flexibility index (Phi) is 7.54. The summed E-state index contributed by atoms with van der Waals surface area (Å²) in [5, 5.41) is 10.3. The Labute approximate surface area is 160 Å². The predicted molar refractivity (Wildman–Crippen MR) is 110 cm³/mol. The fourth-order valence-corrected chi connectivity index (χ4v) is 4.32. The van der Waals surface area contributed by atoms with E-state index in [1.54, 1.807) is 0 Å². The second-order valence-corrected chi connectivity index (χ2v) is 11.5. The number of hydrogen-bond acceptors (Lipinski definition) is 5. The first-order chi connectivity index (χ1) is 11.7. The van der Waals surface area contributed by atoms with Crippen molar-refractivity contribution in [2.75, 3.05) is 13.1 Å². The molecule has 0 bridgehead atoms. The van der Waals surface area contributed by atoms with E-state index >= 15 is 0 Å². The van der Waals surface area contributed by atoms with E-state index in [-0.39, 0.29) is 46.7 Å². The first-order valence-corrected chi connectivity index (χ1v) is 10.1. The monoisotopic (exact) mass is 367 g/mol. The number of nitrogens with one attached hydrogen (secondary N) is 1. The maximum atomic E-state index is 11.8. The Morgan fingerprint density at radius 2 is 1.50 bits per heavy atom. The zero-order chi connectivity index (χ0) is 20.3. The summed E-state index contributed by atoms with van der Waals surface area (Å²) in [6.45, 7) is 20.9. The molecule has 1 N–H and O–H groups in total. The van der Waals surface area contributed by atoms with Crippen LogP contribution in [0, 0.1) is 43.8 Å². The molecule has 5 unspecified atom stereocenters. The average Bonchev–Trinajstić information content (AvgIpc) is 2.47. The molecule has 5 atom stereocenters. The van der Waals surface area contributed by atoms with Crippen molar-refractivity contribution in [3.63, 3.8) is 0 Å². The lowest BCUT2D eigenvalue weighted by Crippen LogP contribution is -2.51. The normalized spacial score (nSPS) is 29.3. The highest BCUT2D eigenvalue weighted by molar-refractivity contribution is 4.99. The number of nitrogens with zero attached hydrogens (tertiary/aromatic N) is 2. The highest BCUT2D eigenvalue weighted by Gasteiger charge is 2.46. The van der Waals surface area contributed by atoms with Crippen LogP contribution in [0.25, 0.3) is 0 Å². The van der Waals surface area contributed by atoms with Crippen LogP contribution in [-0.4, -0.2) is 25.2 Å². The summed E-state index contributed by atoms with van der Waals surface area (Å²) in [5.41, 5.74) is 0.206. The van der Waals surface area contributed by atoms with Gasteiger partial charge in [-0.2, -0.15) is 9.81 Å². The van der Waals surface area contributed by atoms with Crippen LogP contribution in [0.4, 0.5) is 0 Å². The average molecular weight is 368 g/mol. The number of nitroso groups, excluding NO2 is 2. The fourth-order valence-electron chi connectivity index (χ4n) is 4.32. The molecule has 0 amide bonds. The zero-order valence-corrected chi connectivity index (χ0v) is 18.4. The van der Waals surface area contributed by atoms with Crippen molar-refractivity contribution in [2.45, 2.75) is 87.2 Å². The van der Waals surface area contributed by atoms with Gasteiger partial charge in [0.05, 0.1) is 12.6 Å². The summed E-state index contributed by atoms with van der Waals surface area (Å²) >= 11 is 0. The Morgan fingerprint density at radius 1 is 0.923 bits per heavy atom. The molecule has 1 aliphatic carbocycles. The lowest BCUT2D eigenvalue weighted by molar-refractivity contribution is 0.0290. The second kappa shape index (κ2) is 8.45. The third-order valence-corrected chi connectivity index (χ3v) is 6.41. The minimum Gasteiger partial charge on any atom is -0.311 e. The molecule has 1 saturated carbocycles. The van der Waals surface area contributed by atoms with Gasteiger partial charge in [0.25, 0.3) is 0 Å². The van der Waals surface area contributed by atoms with E-state index in [0.717, 1.165) is 12.8 Å². The molecule has 0 spiro atoms. The van der Waals surface area contributed by atoms with Gasteiger partial charge in [-0.15, -0.1) is 0 Å². The van der Waals surface area contributed by atoms with Crippen LogP contribution < -0.4 is 5.32 Å². The van der Waals surface area contributed by atoms with Crippen LogP contribution in [0.1, 0.15) is 75.2 Å². The zero-order valence-electron chi connectivity index (χ0n) is 18.4. The van der Waals surface area contributed by atoms with Gasteiger partial charge in [0, 0.05) is 12.6 Å². The topological polar surface area (TPSA) is 70.9 Å². The van der Waals surface area contributed by atoms with E-state index in [1.807, 2.05) is 0 Å². The van der Waals surface area contributed by atoms with Crippen LogP contribution in [-0.2, 0) is 0 Å². The lowest BCUT2D eigenvalue weighted by Gasteiger charge is -2.48. The van der Waals surface area contributed by atoms with Crippen molar-refractivity contribution in [1.82, 2.24) is 5.32 Å². The molecular formula is C21H41N3O2. The Hall–Kier alpha value is -0.840. The maximum Gasteiger partial charge on any atom is 0.0993 e. The van der Waals surface area contributed by atoms with Crippen molar-refractivity contribution in [1.29, 1.82) is 0 Å². The molecule has 26 heavy (non-hydrogen) atoms. The van der Waals surface area contributed by atoms with Gasteiger partial charge in [0.2, 0.25) is 0 Å². The molecule has 0 aromatic heterocycles. The second-order valence-electron chi connectivity index (χ2n) is 11.5. The van der Waals surface area contributed by atoms with E-state index in [1.165, 1.54) is 0 Å². The molecule has 0 heterocycles. The first kappa shape index (κ1) is 23.2.